The molecule has 1 aliphatic carbocycles. The Hall–Kier alpha value is -1.36. The molecule has 21 heavy (non-hydrogen) atoms. The number of aromatic nitrogens is 4. The van der Waals surface area contributed by atoms with E-state index in [0.717, 1.165) is 42.1 Å². The molecule has 6 heteroatoms. The zero-order valence-electron chi connectivity index (χ0n) is 12.9. The van der Waals surface area contributed by atoms with Crippen LogP contribution in [0.25, 0.3) is 11.2 Å². The summed E-state index contributed by atoms with van der Waals surface area (Å²) in [6.45, 7) is 7.31. The van der Waals surface area contributed by atoms with Gasteiger partial charge in [-0.05, 0) is 31.6 Å². The van der Waals surface area contributed by atoms with Crippen LogP contribution in [0.4, 0.5) is 0 Å². The maximum absolute atomic E-state index is 8.17. The van der Waals surface area contributed by atoms with Crippen LogP contribution in [-0.2, 0) is 13.0 Å². The maximum Gasteiger partial charge on any atom is 0.223 e. The Morgan fingerprint density at radius 3 is 2.62 bits per heavy atom. The minimum absolute atomic E-state index is 0. The summed E-state index contributed by atoms with van der Waals surface area (Å²) in [4.78, 5) is 12.7. The Morgan fingerprint density at radius 2 is 2.05 bits per heavy atom. The van der Waals surface area contributed by atoms with Crippen molar-refractivity contribution in [1.29, 1.82) is 5.41 Å². The Morgan fingerprint density at radius 1 is 1.33 bits per heavy atom. The molecule has 2 aromatic rings. The first kappa shape index (κ1) is 16.0. The highest BCUT2D eigenvalue weighted by Crippen LogP contribution is 2.39. The van der Waals surface area contributed by atoms with E-state index in [2.05, 4.69) is 30.7 Å². The van der Waals surface area contributed by atoms with Crippen molar-refractivity contribution >= 4 is 23.6 Å². The quantitative estimate of drug-likeness (QED) is 0.890. The molecule has 0 bridgehead atoms. The third-order valence-corrected chi connectivity index (χ3v) is 3.97. The van der Waals surface area contributed by atoms with Gasteiger partial charge in [0.2, 0.25) is 5.62 Å². The van der Waals surface area contributed by atoms with Gasteiger partial charge in [0.15, 0.2) is 5.65 Å². The summed E-state index contributed by atoms with van der Waals surface area (Å²) in [5.41, 5.74) is 3.26. The molecule has 1 fully saturated rings. The molecule has 0 radical (unpaired) electrons. The first-order valence-electron chi connectivity index (χ1n) is 7.64. The molecule has 1 aliphatic rings. The van der Waals surface area contributed by atoms with Crippen LogP contribution in [0.15, 0.2) is 0 Å². The summed E-state index contributed by atoms with van der Waals surface area (Å²) >= 11 is 0. The third-order valence-electron chi connectivity index (χ3n) is 3.97. The highest BCUT2D eigenvalue weighted by Gasteiger charge is 2.28. The standard InChI is InChI=1S/C15H23N5.ClH/c1-4-11-12-14(19-13(18-12)10-5-6-10)20(15(16)17-11)8-7-9(2)3;/h9-10,16H,4-8H2,1-3H3,(H,18,19);1H. The normalized spacial score (nSPS) is 14.7. The Bertz CT molecular complexity index is 681. The molecule has 116 valence electrons. The van der Waals surface area contributed by atoms with Gasteiger partial charge in [0, 0.05) is 12.5 Å². The molecule has 2 aromatic heterocycles. The van der Waals surface area contributed by atoms with E-state index in [1.807, 2.05) is 4.57 Å². The van der Waals surface area contributed by atoms with Crippen LogP contribution >= 0.6 is 12.4 Å². The fourth-order valence-corrected chi connectivity index (χ4v) is 2.53. The topological polar surface area (TPSA) is 70.3 Å². The minimum atomic E-state index is 0. The predicted molar refractivity (Wildman–Crippen MR) is 85.8 cm³/mol. The highest BCUT2D eigenvalue weighted by atomic mass is 35.5. The van der Waals surface area contributed by atoms with Crippen molar-refractivity contribution in [2.45, 2.75) is 58.9 Å². The zero-order chi connectivity index (χ0) is 14.3. The van der Waals surface area contributed by atoms with E-state index in [0.29, 0.717) is 17.5 Å². The zero-order valence-corrected chi connectivity index (χ0v) is 13.8. The first-order chi connectivity index (χ1) is 9.60. The number of imidazole rings is 1. The van der Waals surface area contributed by atoms with E-state index in [-0.39, 0.29) is 12.4 Å². The van der Waals surface area contributed by atoms with Crippen LogP contribution in [0, 0.1) is 11.3 Å². The number of aryl methyl sites for hydroxylation is 2. The van der Waals surface area contributed by atoms with E-state index >= 15 is 0 Å². The molecule has 3 rings (SSSR count). The van der Waals surface area contributed by atoms with Crippen LogP contribution in [0.5, 0.6) is 0 Å². The van der Waals surface area contributed by atoms with Gasteiger partial charge in [-0.25, -0.2) is 9.97 Å². The molecule has 2 heterocycles. The lowest BCUT2D eigenvalue weighted by Gasteiger charge is -2.10. The molecule has 0 saturated heterocycles. The van der Waals surface area contributed by atoms with E-state index in [1.54, 1.807) is 0 Å². The minimum Gasteiger partial charge on any atom is -0.339 e. The average Bonchev–Trinajstić information content (AvgIpc) is 3.16. The summed E-state index contributed by atoms with van der Waals surface area (Å²) in [5, 5.41) is 8.17. The fourth-order valence-electron chi connectivity index (χ4n) is 2.53. The third kappa shape index (κ3) is 3.12. The summed E-state index contributed by atoms with van der Waals surface area (Å²) in [6.07, 6.45) is 4.34. The number of hydrogen-bond acceptors (Lipinski definition) is 3. The molecular weight excluding hydrogens is 286 g/mol. The Kier molecular flexibility index (Phi) is 4.71. The van der Waals surface area contributed by atoms with Gasteiger partial charge in [0.1, 0.15) is 11.3 Å². The monoisotopic (exact) mass is 309 g/mol. The second-order valence-electron chi connectivity index (χ2n) is 6.16. The molecule has 0 aromatic carbocycles. The number of nitrogens with zero attached hydrogens (tertiary/aromatic N) is 3. The maximum atomic E-state index is 8.17. The van der Waals surface area contributed by atoms with Gasteiger partial charge >= 0.3 is 0 Å². The molecule has 1 saturated carbocycles. The highest BCUT2D eigenvalue weighted by molar-refractivity contribution is 5.85. The van der Waals surface area contributed by atoms with Crippen LogP contribution in [0.1, 0.15) is 57.5 Å². The number of aromatic amines is 1. The van der Waals surface area contributed by atoms with Crippen molar-refractivity contribution in [1.82, 2.24) is 19.5 Å². The lowest BCUT2D eigenvalue weighted by Crippen LogP contribution is -2.25. The second-order valence-corrected chi connectivity index (χ2v) is 6.16. The van der Waals surface area contributed by atoms with Gasteiger partial charge in [-0.1, -0.05) is 20.8 Å². The molecule has 0 unspecified atom stereocenters. The first-order valence-corrected chi connectivity index (χ1v) is 7.64. The molecule has 0 spiro atoms. The van der Waals surface area contributed by atoms with Gasteiger partial charge in [-0.3, -0.25) is 9.98 Å². The number of H-pyrrole nitrogens is 1. The predicted octanol–water partition coefficient (Wildman–Crippen LogP) is 3.15. The molecule has 0 aliphatic heterocycles. The Labute approximate surface area is 131 Å². The van der Waals surface area contributed by atoms with Crippen molar-refractivity contribution in [3.05, 3.63) is 17.1 Å². The fraction of sp³-hybridized carbons (Fsp3) is 0.667. The number of nitrogens with one attached hydrogen (secondary N) is 2. The van der Waals surface area contributed by atoms with Crippen LogP contribution < -0.4 is 5.62 Å². The lowest BCUT2D eigenvalue weighted by atomic mass is 10.1. The summed E-state index contributed by atoms with van der Waals surface area (Å²) < 4.78 is 1.96. The van der Waals surface area contributed by atoms with Crippen molar-refractivity contribution in [3.63, 3.8) is 0 Å². The van der Waals surface area contributed by atoms with Gasteiger partial charge < -0.3 is 4.98 Å². The SMILES string of the molecule is CCc1nc(=N)n(CCC(C)C)c2nc(C3CC3)[nH]c12.Cl. The number of rotatable bonds is 5. The van der Waals surface area contributed by atoms with Crippen LogP contribution in [0.2, 0.25) is 0 Å². The van der Waals surface area contributed by atoms with Gasteiger partial charge in [0.25, 0.3) is 0 Å². The van der Waals surface area contributed by atoms with Crippen LogP contribution in [0.3, 0.4) is 0 Å². The van der Waals surface area contributed by atoms with E-state index < -0.39 is 0 Å². The van der Waals surface area contributed by atoms with Crippen molar-refractivity contribution < 1.29 is 0 Å². The second kappa shape index (κ2) is 6.18. The molecular formula is C15H24ClN5. The van der Waals surface area contributed by atoms with Crippen molar-refractivity contribution in [3.8, 4) is 0 Å². The number of fused-ring (bicyclic) bond motifs is 1. The van der Waals surface area contributed by atoms with Crippen molar-refractivity contribution in [2.24, 2.45) is 5.92 Å². The van der Waals surface area contributed by atoms with Gasteiger partial charge in [0.05, 0.1) is 5.69 Å². The average molecular weight is 310 g/mol. The lowest BCUT2D eigenvalue weighted by molar-refractivity contribution is 0.503. The molecule has 5 nitrogen and oxygen atoms in total. The molecule has 0 atom stereocenters. The summed E-state index contributed by atoms with van der Waals surface area (Å²) in [7, 11) is 0. The van der Waals surface area contributed by atoms with Crippen molar-refractivity contribution in [2.75, 3.05) is 0 Å². The number of halogens is 1. The molecule has 2 N–H and O–H groups in total. The van der Waals surface area contributed by atoms with E-state index in [4.69, 9.17) is 10.4 Å². The molecule has 0 amide bonds. The van der Waals surface area contributed by atoms with Gasteiger partial charge in [-0.2, -0.15) is 0 Å². The largest absolute Gasteiger partial charge is 0.339 e. The summed E-state index contributed by atoms with van der Waals surface area (Å²) in [6, 6.07) is 0. The smallest absolute Gasteiger partial charge is 0.223 e. The number of hydrogen-bond donors (Lipinski definition) is 2. The van der Waals surface area contributed by atoms with Gasteiger partial charge in [-0.15, -0.1) is 12.4 Å². The Balaban J connectivity index is 0.00000161. The van der Waals surface area contributed by atoms with E-state index in [1.165, 1.54) is 12.8 Å². The summed E-state index contributed by atoms with van der Waals surface area (Å²) in [5.74, 6) is 2.30. The van der Waals surface area contributed by atoms with E-state index in [9.17, 15) is 0 Å². The van der Waals surface area contributed by atoms with Crippen LogP contribution in [-0.4, -0.2) is 19.5 Å².